The lowest BCUT2D eigenvalue weighted by molar-refractivity contribution is 0.299. The van der Waals surface area contributed by atoms with Gasteiger partial charge in [0.15, 0.2) is 5.84 Å². The maximum atomic E-state index is 8.71. The van der Waals surface area contributed by atoms with Gasteiger partial charge in [0.05, 0.1) is 18.5 Å². The number of rotatable bonds is 6. The van der Waals surface area contributed by atoms with Crippen molar-refractivity contribution in [3.63, 3.8) is 0 Å². The summed E-state index contributed by atoms with van der Waals surface area (Å²) in [6, 6.07) is 7.20. The average molecular weight is 260 g/mol. The molecule has 1 aromatic heterocycles. The summed E-state index contributed by atoms with van der Waals surface area (Å²) in [6.07, 6.45) is 6.27. The van der Waals surface area contributed by atoms with Gasteiger partial charge in [-0.2, -0.15) is 0 Å². The smallest absolute Gasteiger partial charge is 0.173 e. The van der Waals surface area contributed by atoms with Gasteiger partial charge in [0.25, 0.3) is 0 Å². The molecule has 0 aliphatic rings. The lowest BCUT2D eigenvalue weighted by Crippen LogP contribution is -2.15. The van der Waals surface area contributed by atoms with Crippen LogP contribution in [0.1, 0.15) is 12.0 Å². The maximum Gasteiger partial charge on any atom is 0.173 e. The number of amidine groups is 1. The monoisotopic (exact) mass is 260 g/mol. The molecule has 0 atom stereocenters. The van der Waals surface area contributed by atoms with Gasteiger partial charge in [-0.25, -0.2) is 4.98 Å². The van der Waals surface area contributed by atoms with Gasteiger partial charge in [0.2, 0.25) is 0 Å². The third-order valence-corrected chi connectivity index (χ3v) is 2.65. The van der Waals surface area contributed by atoms with E-state index in [9.17, 15) is 0 Å². The van der Waals surface area contributed by atoms with E-state index in [4.69, 9.17) is 15.7 Å². The summed E-state index contributed by atoms with van der Waals surface area (Å²) in [5.74, 6) is 0.661. The lowest BCUT2D eigenvalue weighted by Gasteiger charge is -2.10. The quantitative estimate of drug-likeness (QED) is 0.270. The highest BCUT2D eigenvalue weighted by atomic mass is 16.5. The number of benzene rings is 1. The minimum absolute atomic E-state index is 0.0465. The number of aryl methyl sites for hydroxylation is 1. The molecule has 0 unspecified atom stereocenters. The van der Waals surface area contributed by atoms with Gasteiger partial charge in [-0.1, -0.05) is 17.3 Å². The zero-order chi connectivity index (χ0) is 13.5. The van der Waals surface area contributed by atoms with Crippen LogP contribution < -0.4 is 10.5 Å². The fourth-order valence-electron chi connectivity index (χ4n) is 1.71. The molecule has 0 saturated carbocycles. The number of imidazole rings is 1. The number of nitrogens with zero attached hydrogens (tertiary/aromatic N) is 3. The second-order valence-electron chi connectivity index (χ2n) is 3.98. The van der Waals surface area contributed by atoms with Crippen LogP contribution in [0.15, 0.2) is 48.1 Å². The third kappa shape index (κ3) is 3.48. The molecule has 0 fully saturated rings. The van der Waals surface area contributed by atoms with E-state index in [0.717, 1.165) is 13.0 Å². The Morgan fingerprint density at radius 1 is 1.42 bits per heavy atom. The Morgan fingerprint density at radius 3 is 3.00 bits per heavy atom. The van der Waals surface area contributed by atoms with E-state index in [1.807, 2.05) is 22.9 Å². The van der Waals surface area contributed by atoms with Gasteiger partial charge in [0, 0.05) is 18.9 Å². The van der Waals surface area contributed by atoms with Crippen molar-refractivity contribution >= 4 is 5.84 Å². The molecular weight excluding hydrogens is 244 g/mol. The van der Waals surface area contributed by atoms with Gasteiger partial charge in [-0.15, -0.1) is 0 Å². The Bertz CT molecular complexity index is 537. The highest BCUT2D eigenvalue weighted by Crippen LogP contribution is 2.17. The Hall–Kier alpha value is -2.50. The van der Waals surface area contributed by atoms with Crippen LogP contribution in [0.25, 0.3) is 0 Å². The van der Waals surface area contributed by atoms with Gasteiger partial charge >= 0.3 is 0 Å². The molecule has 0 saturated heterocycles. The molecule has 19 heavy (non-hydrogen) atoms. The highest BCUT2D eigenvalue weighted by molar-refractivity contribution is 5.99. The predicted octanol–water partition coefficient (Wildman–Crippen LogP) is 1.45. The first-order valence-electron chi connectivity index (χ1n) is 5.96. The molecule has 0 aliphatic carbocycles. The molecule has 0 amide bonds. The average Bonchev–Trinajstić information content (AvgIpc) is 2.96. The van der Waals surface area contributed by atoms with Crippen LogP contribution in [0.5, 0.6) is 5.75 Å². The van der Waals surface area contributed by atoms with Crippen molar-refractivity contribution in [1.29, 1.82) is 0 Å². The molecule has 0 bridgehead atoms. The van der Waals surface area contributed by atoms with Crippen molar-refractivity contribution in [2.75, 3.05) is 6.61 Å². The molecule has 6 nitrogen and oxygen atoms in total. The summed E-state index contributed by atoms with van der Waals surface area (Å²) in [4.78, 5) is 3.97. The maximum absolute atomic E-state index is 8.71. The fraction of sp³-hybridized carbons (Fsp3) is 0.231. The van der Waals surface area contributed by atoms with Crippen molar-refractivity contribution in [3.8, 4) is 5.75 Å². The zero-order valence-corrected chi connectivity index (χ0v) is 10.4. The largest absolute Gasteiger partial charge is 0.493 e. The van der Waals surface area contributed by atoms with Crippen molar-refractivity contribution in [2.45, 2.75) is 13.0 Å². The first-order chi connectivity index (χ1) is 9.31. The summed E-state index contributed by atoms with van der Waals surface area (Å²) >= 11 is 0. The van der Waals surface area contributed by atoms with Crippen LogP contribution in [-0.2, 0) is 6.54 Å². The van der Waals surface area contributed by atoms with Crippen molar-refractivity contribution in [2.24, 2.45) is 10.9 Å². The Kier molecular flexibility index (Phi) is 4.39. The zero-order valence-electron chi connectivity index (χ0n) is 10.4. The molecule has 1 aromatic carbocycles. The SMILES string of the molecule is NC(=NO)c1ccccc1OCCCn1ccnc1. The molecule has 2 rings (SSSR count). The van der Waals surface area contributed by atoms with Crippen molar-refractivity contribution < 1.29 is 9.94 Å². The normalized spacial score (nSPS) is 11.5. The van der Waals surface area contributed by atoms with E-state index in [2.05, 4.69) is 10.1 Å². The molecular formula is C13H16N4O2. The second-order valence-corrected chi connectivity index (χ2v) is 3.98. The Labute approximate surface area is 111 Å². The van der Waals surface area contributed by atoms with Gasteiger partial charge in [0.1, 0.15) is 5.75 Å². The molecule has 0 aliphatic heterocycles. The van der Waals surface area contributed by atoms with E-state index < -0.39 is 0 Å². The standard InChI is InChI=1S/C13H16N4O2/c14-13(16-18)11-4-1-2-5-12(11)19-9-3-7-17-8-6-15-10-17/h1-2,4-6,8,10,18H,3,7,9H2,(H2,14,16). The molecule has 2 aromatic rings. The number of nitrogens with two attached hydrogens (primary N) is 1. The molecule has 3 N–H and O–H groups in total. The van der Waals surface area contributed by atoms with Crippen LogP contribution >= 0.6 is 0 Å². The van der Waals surface area contributed by atoms with Crippen molar-refractivity contribution in [3.05, 3.63) is 48.5 Å². The van der Waals surface area contributed by atoms with Gasteiger partial charge < -0.3 is 20.2 Å². The van der Waals surface area contributed by atoms with Crippen LogP contribution in [0, 0.1) is 0 Å². The summed E-state index contributed by atoms with van der Waals surface area (Å²) in [7, 11) is 0. The third-order valence-electron chi connectivity index (χ3n) is 2.65. The Balaban J connectivity index is 1.89. The van der Waals surface area contributed by atoms with Crippen LogP contribution in [0.2, 0.25) is 0 Å². The van der Waals surface area contributed by atoms with E-state index in [0.29, 0.717) is 17.9 Å². The van der Waals surface area contributed by atoms with Crippen LogP contribution in [0.4, 0.5) is 0 Å². The molecule has 1 heterocycles. The van der Waals surface area contributed by atoms with E-state index in [-0.39, 0.29) is 5.84 Å². The summed E-state index contributed by atoms with van der Waals surface area (Å²) in [5, 5.41) is 11.7. The number of oxime groups is 1. The minimum Gasteiger partial charge on any atom is -0.493 e. The van der Waals surface area contributed by atoms with E-state index in [1.54, 1.807) is 24.7 Å². The first kappa shape index (κ1) is 12.9. The number of para-hydroxylation sites is 1. The first-order valence-corrected chi connectivity index (χ1v) is 5.96. The van der Waals surface area contributed by atoms with Gasteiger partial charge in [-0.3, -0.25) is 0 Å². The summed E-state index contributed by atoms with van der Waals surface area (Å²) in [6.45, 7) is 1.39. The predicted molar refractivity (Wildman–Crippen MR) is 71.3 cm³/mol. The van der Waals surface area contributed by atoms with Gasteiger partial charge in [-0.05, 0) is 18.6 Å². The van der Waals surface area contributed by atoms with E-state index in [1.165, 1.54) is 0 Å². The van der Waals surface area contributed by atoms with Crippen molar-refractivity contribution in [1.82, 2.24) is 9.55 Å². The van der Waals surface area contributed by atoms with Crippen LogP contribution in [0.3, 0.4) is 0 Å². The fourth-order valence-corrected chi connectivity index (χ4v) is 1.71. The molecule has 100 valence electrons. The number of hydrogen-bond acceptors (Lipinski definition) is 4. The van der Waals surface area contributed by atoms with Crippen LogP contribution in [-0.4, -0.2) is 27.2 Å². The topological polar surface area (TPSA) is 85.7 Å². The lowest BCUT2D eigenvalue weighted by atomic mass is 10.2. The molecule has 0 radical (unpaired) electrons. The summed E-state index contributed by atoms with van der Waals surface area (Å²) < 4.78 is 7.64. The molecule has 0 spiro atoms. The minimum atomic E-state index is 0.0465. The Morgan fingerprint density at radius 2 is 2.26 bits per heavy atom. The number of ether oxygens (including phenoxy) is 1. The summed E-state index contributed by atoms with van der Waals surface area (Å²) in [5.41, 5.74) is 6.17. The number of aromatic nitrogens is 2. The second kappa shape index (κ2) is 6.44. The highest BCUT2D eigenvalue weighted by Gasteiger charge is 2.06. The molecule has 6 heteroatoms. The number of hydrogen-bond donors (Lipinski definition) is 2. The van der Waals surface area contributed by atoms with E-state index >= 15 is 0 Å².